The number of allylic oxidation sites excluding steroid dienone is 10. The molecule has 83 heavy (non-hydrogen) atoms. The van der Waals surface area contributed by atoms with E-state index in [4.69, 9.17) is 32.3 Å². The van der Waals surface area contributed by atoms with Gasteiger partial charge in [-0.2, -0.15) is 0 Å². The van der Waals surface area contributed by atoms with Crippen LogP contribution in [-0.2, 0) is 55.8 Å². The highest BCUT2D eigenvalue weighted by atomic mass is 31.2. The first kappa shape index (κ1) is 80.2. The van der Waals surface area contributed by atoms with E-state index in [0.29, 0.717) is 25.7 Å². The molecule has 484 valence electrons. The fourth-order valence-electron chi connectivity index (χ4n) is 8.78. The molecule has 0 aliphatic carbocycles. The zero-order valence-electron chi connectivity index (χ0n) is 52.1. The monoisotopic (exact) mass is 1220 g/mol. The van der Waals surface area contributed by atoms with Crippen LogP contribution in [0.2, 0.25) is 0 Å². The molecule has 0 aromatic carbocycles. The highest BCUT2D eigenvalue weighted by molar-refractivity contribution is 7.47. The molecule has 16 nitrogen and oxygen atoms in total. The Balaban J connectivity index is 4.70. The van der Waals surface area contributed by atoms with Crippen molar-refractivity contribution in [3.63, 3.8) is 0 Å². The minimum atomic E-state index is -4.92. The Hall–Kier alpha value is -2.75. The van der Waals surface area contributed by atoms with Gasteiger partial charge in [-0.15, -0.1) is 0 Å². The van der Waals surface area contributed by atoms with Gasteiger partial charge in [0.2, 0.25) is 0 Å². The Labute approximate surface area is 503 Å². The first-order valence-electron chi connectivity index (χ1n) is 32.6. The maximum Gasteiger partial charge on any atom is 0.472 e. The zero-order valence-corrected chi connectivity index (χ0v) is 53.9. The van der Waals surface area contributed by atoms with Gasteiger partial charge < -0.3 is 34.2 Å². The average molecular weight is 1220 g/mol. The van der Waals surface area contributed by atoms with Crippen molar-refractivity contribution < 1.29 is 75.8 Å². The van der Waals surface area contributed by atoms with Crippen LogP contribution >= 0.6 is 15.6 Å². The lowest BCUT2D eigenvalue weighted by molar-refractivity contribution is -0.161. The highest BCUT2D eigenvalue weighted by Crippen LogP contribution is 2.45. The van der Waals surface area contributed by atoms with Crippen molar-refractivity contribution in [3.8, 4) is 0 Å². The summed E-state index contributed by atoms with van der Waals surface area (Å²) in [6.07, 6.45) is 58.5. The third-order valence-corrected chi connectivity index (χ3v) is 15.7. The summed E-state index contributed by atoms with van der Waals surface area (Å²) < 4.78 is 60.7. The summed E-state index contributed by atoms with van der Waals surface area (Å²) in [4.78, 5) is 58.2. The molecule has 0 radical (unpaired) electrons. The fourth-order valence-corrected chi connectivity index (χ4v) is 10.4. The molecule has 4 N–H and O–H groups in total. The lowest BCUT2D eigenvalue weighted by Crippen LogP contribution is -2.30. The molecule has 0 aromatic rings. The summed E-state index contributed by atoms with van der Waals surface area (Å²) in [7, 11) is -9.77. The van der Waals surface area contributed by atoms with Crippen LogP contribution in [0.15, 0.2) is 60.8 Å². The minimum absolute atomic E-state index is 0.109. The summed E-state index contributed by atoms with van der Waals surface area (Å²) in [6.45, 7) is 2.52. The molecule has 18 heteroatoms. The fraction of sp³-hybridized carbons (Fsp3) is 0.800. The first-order chi connectivity index (χ1) is 40.2. The maximum absolute atomic E-state index is 12.9. The van der Waals surface area contributed by atoms with Gasteiger partial charge in [0.25, 0.3) is 0 Å². The number of hydrogen-bond donors (Lipinski definition) is 4. The van der Waals surface area contributed by atoms with Crippen LogP contribution in [0, 0.1) is 0 Å². The summed E-state index contributed by atoms with van der Waals surface area (Å²) in [5.41, 5.74) is 0. The topological polar surface area (TPSA) is 231 Å². The van der Waals surface area contributed by atoms with E-state index in [1.54, 1.807) is 0 Å². The van der Waals surface area contributed by atoms with E-state index in [-0.39, 0.29) is 19.3 Å². The molecule has 0 amide bonds. The number of rotatable bonds is 62. The van der Waals surface area contributed by atoms with Crippen molar-refractivity contribution in [1.29, 1.82) is 0 Å². The van der Waals surface area contributed by atoms with Crippen LogP contribution in [0.3, 0.4) is 0 Å². The Morgan fingerprint density at radius 2 is 0.639 bits per heavy atom. The number of ether oxygens (including phenoxy) is 3. The van der Waals surface area contributed by atoms with E-state index in [2.05, 4.69) is 69.4 Å². The number of aliphatic hydroxyl groups is 2. The molecule has 0 aliphatic rings. The van der Waals surface area contributed by atoms with Gasteiger partial charge in [0.05, 0.1) is 26.4 Å². The summed E-state index contributed by atoms with van der Waals surface area (Å²) in [5, 5.41) is 20.5. The molecule has 0 saturated heterocycles. The molecule has 5 unspecified atom stereocenters. The third kappa shape index (κ3) is 60.7. The van der Waals surface area contributed by atoms with Gasteiger partial charge in [-0.05, 0) is 57.8 Å². The lowest BCUT2D eigenvalue weighted by atomic mass is 10.0. The quantitative estimate of drug-likeness (QED) is 0.0146. The van der Waals surface area contributed by atoms with Crippen LogP contribution < -0.4 is 0 Å². The van der Waals surface area contributed by atoms with Crippen LogP contribution in [-0.4, -0.2) is 95.9 Å². The number of unbranched alkanes of at least 4 members (excludes halogenated alkanes) is 29. The van der Waals surface area contributed by atoms with Gasteiger partial charge in [-0.3, -0.25) is 32.5 Å². The van der Waals surface area contributed by atoms with Crippen molar-refractivity contribution in [2.75, 3.05) is 39.6 Å². The summed E-state index contributed by atoms with van der Waals surface area (Å²) >= 11 is 0. The molecule has 0 spiro atoms. The van der Waals surface area contributed by atoms with Crippen molar-refractivity contribution in [1.82, 2.24) is 0 Å². The van der Waals surface area contributed by atoms with E-state index in [0.717, 1.165) is 77.0 Å². The van der Waals surface area contributed by atoms with E-state index in [1.807, 2.05) is 12.2 Å². The Morgan fingerprint density at radius 1 is 0.349 bits per heavy atom. The van der Waals surface area contributed by atoms with E-state index in [9.17, 15) is 43.5 Å². The normalized spacial score (nSPS) is 14.7. The van der Waals surface area contributed by atoms with Crippen molar-refractivity contribution in [2.45, 2.75) is 296 Å². The second-order valence-corrected chi connectivity index (χ2v) is 24.8. The Bertz CT molecular complexity index is 1770. The lowest BCUT2D eigenvalue weighted by Gasteiger charge is -2.21. The smallest absolute Gasteiger partial charge is 0.463 e. The second-order valence-electron chi connectivity index (χ2n) is 21.9. The summed E-state index contributed by atoms with van der Waals surface area (Å²) in [6, 6.07) is 0. The van der Waals surface area contributed by atoms with Gasteiger partial charge in [0.15, 0.2) is 6.10 Å². The number of aliphatic hydroxyl groups excluding tert-OH is 2. The molecular weight excluding hydrogens is 1100 g/mol. The molecular formula is C65H118O16P2. The van der Waals surface area contributed by atoms with Crippen LogP contribution in [0.4, 0.5) is 0 Å². The second kappa shape index (κ2) is 59.6. The largest absolute Gasteiger partial charge is 0.472 e. The predicted molar refractivity (Wildman–Crippen MR) is 335 cm³/mol. The molecule has 0 bridgehead atoms. The number of hydrogen-bond acceptors (Lipinski definition) is 14. The van der Waals surface area contributed by atoms with E-state index in [1.165, 1.54) is 135 Å². The van der Waals surface area contributed by atoms with Gasteiger partial charge in [-0.1, -0.05) is 261 Å². The Kier molecular flexibility index (Phi) is 57.6. The molecule has 0 aliphatic heterocycles. The van der Waals surface area contributed by atoms with Crippen molar-refractivity contribution >= 4 is 33.6 Å². The summed E-state index contributed by atoms with van der Waals surface area (Å²) in [5.74, 6) is -1.61. The zero-order chi connectivity index (χ0) is 61.0. The first-order valence-corrected chi connectivity index (χ1v) is 35.6. The van der Waals surface area contributed by atoms with Gasteiger partial charge in [0, 0.05) is 19.3 Å². The van der Waals surface area contributed by atoms with Crippen molar-refractivity contribution in [2.24, 2.45) is 0 Å². The molecule has 5 atom stereocenters. The molecule has 0 fully saturated rings. The molecule has 0 heterocycles. The van der Waals surface area contributed by atoms with E-state index >= 15 is 0 Å². The molecule has 0 saturated carbocycles. The van der Waals surface area contributed by atoms with Crippen LogP contribution in [0.25, 0.3) is 0 Å². The predicted octanol–water partition coefficient (Wildman–Crippen LogP) is 17.4. The average Bonchev–Trinajstić information content (AvgIpc) is 3.47. The van der Waals surface area contributed by atoms with E-state index < -0.39 is 91.5 Å². The van der Waals surface area contributed by atoms with Gasteiger partial charge in [0.1, 0.15) is 25.4 Å². The number of phosphoric ester groups is 2. The van der Waals surface area contributed by atoms with Crippen LogP contribution in [0.5, 0.6) is 0 Å². The SMILES string of the molecule is CC/C=C\C/C=C\C/C=C\C/C=C\C/C=C\CCCC(=O)OCC(O)COP(=O)(O)OCC(O)COP(=O)(O)OCC(COC(=O)CCCCCCCCCCCCCCCCC)OC(=O)CCCCCCCCCCCCCCCCC. The third-order valence-electron chi connectivity index (χ3n) is 13.8. The van der Waals surface area contributed by atoms with Crippen molar-refractivity contribution in [3.05, 3.63) is 60.8 Å². The molecule has 0 aromatic heterocycles. The van der Waals surface area contributed by atoms with Gasteiger partial charge >= 0.3 is 33.6 Å². The number of esters is 3. The van der Waals surface area contributed by atoms with Crippen LogP contribution in [0.1, 0.15) is 278 Å². The maximum atomic E-state index is 12.9. The highest BCUT2D eigenvalue weighted by Gasteiger charge is 2.29. The Morgan fingerprint density at radius 3 is 1.01 bits per heavy atom. The standard InChI is InChI=1S/C65H118O16P2/c1-4-7-10-13-16-19-22-25-28-29-32-34-36-39-42-45-48-51-63(68)75-54-60(66)55-77-82(71,72)78-56-61(67)57-79-83(73,74)80-59-62(81-65(70)53-50-47-44-41-38-35-31-27-24-21-18-15-12-9-6-3)58-76-64(69)52-49-46-43-40-37-33-30-26-23-20-17-14-11-8-5-2/h7,10,16,19,25,28,32,34,39,42,60-62,66-67H,4-6,8-9,11-15,17-18,20-24,26-27,29-31,33,35-38,40-41,43-59H2,1-3H3,(H,71,72)(H,73,74)/b10-7-,19-16-,28-25-,34-32-,42-39-. The number of carbonyl (C=O) groups is 3. The number of carbonyl (C=O) groups excluding carboxylic acids is 3. The number of phosphoric acid groups is 2. The minimum Gasteiger partial charge on any atom is -0.463 e. The molecule has 0 rings (SSSR count). The van der Waals surface area contributed by atoms with Gasteiger partial charge in [-0.25, -0.2) is 9.13 Å².